The number of aromatic hydroxyl groups is 1. The first-order valence-corrected chi connectivity index (χ1v) is 10.1. The van der Waals surface area contributed by atoms with Gasteiger partial charge < -0.3 is 15.2 Å². The third-order valence-corrected chi connectivity index (χ3v) is 5.72. The molecule has 0 aliphatic rings. The maximum Gasteiger partial charge on any atom is 0.408 e. The number of sulfone groups is 1. The lowest BCUT2D eigenvalue weighted by molar-refractivity contribution is 0.0519. The number of carbonyl (C=O) groups excluding carboxylic acids is 1. The molecule has 1 unspecified atom stereocenters. The summed E-state index contributed by atoms with van der Waals surface area (Å²) in [5.41, 5.74) is -0.765. The Morgan fingerprint density at radius 2 is 1.77 bits per heavy atom. The van der Waals surface area contributed by atoms with Crippen LogP contribution in [0.2, 0.25) is 0 Å². The molecule has 2 rings (SSSR count). The summed E-state index contributed by atoms with van der Waals surface area (Å²) in [6.45, 7) is 5.01. The van der Waals surface area contributed by atoms with Gasteiger partial charge in [0.25, 0.3) is 0 Å². The summed E-state index contributed by atoms with van der Waals surface area (Å²) in [7, 11) is -4.04. The number of alkyl carbamates (subject to hydrolysis) is 1. The van der Waals surface area contributed by atoms with E-state index in [0.717, 1.165) is 0 Å². The predicted octanol–water partition coefficient (Wildman–Crippen LogP) is 4.15. The Morgan fingerprint density at radius 1 is 1.15 bits per heavy atom. The topological polar surface area (TPSA) is 92.7 Å². The van der Waals surface area contributed by atoms with Gasteiger partial charge in [0.05, 0.1) is 4.90 Å². The van der Waals surface area contributed by atoms with Gasteiger partial charge in [-0.1, -0.05) is 34.1 Å². The molecule has 2 aromatic rings. The molecule has 0 radical (unpaired) electrons. The number of amides is 1. The molecule has 6 nitrogen and oxygen atoms in total. The van der Waals surface area contributed by atoms with E-state index in [1.165, 1.54) is 24.3 Å². The quantitative estimate of drug-likeness (QED) is 0.742. The van der Waals surface area contributed by atoms with Gasteiger partial charge in [0.2, 0.25) is 9.84 Å². The first-order chi connectivity index (χ1) is 12.0. The molecular formula is C18H20BrNO5S. The number of halogens is 1. The molecule has 26 heavy (non-hydrogen) atoms. The zero-order valence-corrected chi connectivity index (χ0v) is 17.0. The maximum atomic E-state index is 13.1. The highest BCUT2D eigenvalue weighted by atomic mass is 79.9. The lowest BCUT2D eigenvalue weighted by atomic mass is 10.2. The molecule has 0 heterocycles. The Kier molecular flexibility index (Phi) is 5.98. The highest BCUT2D eigenvalue weighted by Crippen LogP contribution is 2.34. The molecule has 0 bridgehead atoms. The van der Waals surface area contributed by atoms with Crippen LogP contribution >= 0.6 is 15.9 Å². The maximum absolute atomic E-state index is 13.1. The summed E-state index contributed by atoms with van der Waals surface area (Å²) in [5.74, 6) is -0.256. The zero-order valence-electron chi connectivity index (χ0n) is 14.6. The molecular weight excluding hydrogens is 422 g/mol. The number of rotatable bonds is 4. The van der Waals surface area contributed by atoms with E-state index in [-0.39, 0.29) is 16.2 Å². The van der Waals surface area contributed by atoms with E-state index in [1.54, 1.807) is 45.0 Å². The van der Waals surface area contributed by atoms with Crippen molar-refractivity contribution in [2.24, 2.45) is 0 Å². The van der Waals surface area contributed by atoms with Gasteiger partial charge in [-0.25, -0.2) is 13.2 Å². The Labute approximate surface area is 161 Å². The van der Waals surface area contributed by atoms with Crippen LogP contribution in [0.4, 0.5) is 4.79 Å². The highest BCUT2D eigenvalue weighted by molar-refractivity contribution is 9.10. The second-order valence-corrected chi connectivity index (χ2v) is 9.54. The van der Waals surface area contributed by atoms with Crippen molar-refractivity contribution >= 4 is 31.9 Å². The van der Waals surface area contributed by atoms with Crippen molar-refractivity contribution in [3.8, 4) is 5.75 Å². The smallest absolute Gasteiger partial charge is 0.408 e. The predicted molar refractivity (Wildman–Crippen MR) is 102 cm³/mol. The fourth-order valence-corrected chi connectivity index (χ4v) is 4.18. The Bertz CT molecular complexity index is 892. The molecule has 1 atom stereocenters. The van der Waals surface area contributed by atoms with Crippen LogP contribution in [0, 0.1) is 0 Å². The van der Waals surface area contributed by atoms with Crippen molar-refractivity contribution in [1.82, 2.24) is 5.32 Å². The highest BCUT2D eigenvalue weighted by Gasteiger charge is 2.34. The number of ether oxygens (including phenoxy) is 1. The van der Waals surface area contributed by atoms with Gasteiger partial charge >= 0.3 is 6.09 Å². The van der Waals surface area contributed by atoms with Crippen LogP contribution in [0.3, 0.4) is 0 Å². The van der Waals surface area contributed by atoms with E-state index in [9.17, 15) is 18.3 Å². The van der Waals surface area contributed by atoms with Crippen molar-refractivity contribution < 1.29 is 23.1 Å². The van der Waals surface area contributed by atoms with Crippen molar-refractivity contribution in [3.05, 3.63) is 58.6 Å². The number of phenols is 1. The van der Waals surface area contributed by atoms with Crippen LogP contribution in [0.15, 0.2) is 57.9 Å². The van der Waals surface area contributed by atoms with Crippen molar-refractivity contribution in [3.63, 3.8) is 0 Å². The number of nitrogens with one attached hydrogen (secondary N) is 1. The van der Waals surface area contributed by atoms with E-state index in [4.69, 9.17) is 4.74 Å². The largest absolute Gasteiger partial charge is 0.508 e. The van der Waals surface area contributed by atoms with Crippen LogP contribution in [-0.2, 0) is 14.6 Å². The molecule has 140 valence electrons. The lowest BCUT2D eigenvalue weighted by Crippen LogP contribution is -2.38. The SMILES string of the molecule is CC(C)(C)OC(=O)NC(c1cc(Br)ccc1O)S(=O)(=O)c1ccccc1. The molecule has 0 fully saturated rings. The lowest BCUT2D eigenvalue weighted by Gasteiger charge is -2.24. The van der Waals surface area contributed by atoms with E-state index in [1.807, 2.05) is 0 Å². The van der Waals surface area contributed by atoms with E-state index in [2.05, 4.69) is 21.2 Å². The monoisotopic (exact) mass is 441 g/mol. The van der Waals surface area contributed by atoms with Gasteiger partial charge in [-0.3, -0.25) is 0 Å². The summed E-state index contributed by atoms with van der Waals surface area (Å²) in [6, 6.07) is 12.1. The summed E-state index contributed by atoms with van der Waals surface area (Å²) in [4.78, 5) is 12.2. The minimum absolute atomic E-state index is 0.0143. The first-order valence-electron chi connectivity index (χ1n) is 7.77. The molecule has 8 heteroatoms. The second-order valence-electron chi connectivity index (χ2n) is 6.59. The first kappa shape index (κ1) is 20.3. The van der Waals surface area contributed by atoms with Crippen molar-refractivity contribution in [2.45, 2.75) is 36.6 Å². The molecule has 1 amide bonds. The fraction of sp³-hybridized carbons (Fsp3) is 0.278. The molecule has 0 aliphatic heterocycles. The molecule has 2 aromatic carbocycles. The third-order valence-electron chi connectivity index (χ3n) is 3.30. The standard InChI is InChI=1S/C18H20BrNO5S/c1-18(2,3)25-17(22)20-16(14-11-12(19)9-10-15(14)21)26(23,24)13-7-5-4-6-8-13/h4-11,16,21H,1-3H3,(H,20,22). The van der Waals surface area contributed by atoms with Crippen LogP contribution in [-0.4, -0.2) is 25.2 Å². The van der Waals surface area contributed by atoms with Crippen LogP contribution in [0.1, 0.15) is 31.7 Å². The average Bonchev–Trinajstić information content (AvgIpc) is 2.54. The van der Waals surface area contributed by atoms with E-state index < -0.39 is 26.9 Å². The van der Waals surface area contributed by atoms with Crippen LogP contribution < -0.4 is 5.32 Å². The zero-order chi connectivity index (χ0) is 19.5. The summed E-state index contributed by atoms with van der Waals surface area (Å²) >= 11 is 3.25. The van der Waals surface area contributed by atoms with E-state index >= 15 is 0 Å². The van der Waals surface area contributed by atoms with Gasteiger partial charge in [-0.2, -0.15) is 0 Å². The van der Waals surface area contributed by atoms with Gasteiger partial charge in [0, 0.05) is 10.0 Å². The molecule has 2 N–H and O–H groups in total. The summed E-state index contributed by atoms with van der Waals surface area (Å²) < 4.78 is 31.9. The number of carbonyl (C=O) groups is 1. The second kappa shape index (κ2) is 7.67. The minimum atomic E-state index is -4.04. The molecule has 0 aliphatic carbocycles. The number of hydrogen-bond donors (Lipinski definition) is 2. The van der Waals surface area contributed by atoms with Crippen LogP contribution in [0.25, 0.3) is 0 Å². The molecule has 0 saturated carbocycles. The van der Waals surface area contributed by atoms with Gasteiger partial charge in [0.15, 0.2) is 5.37 Å². The normalized spacial score (nSPS) is 13.1. The number of hydrogen-bond acceptors (Lipinski definition) is 5. The molecule has 0 spiro atoms. The Morgan fingerprint density at radius 3 is 2.35 bits per heavy atom. The average molecular weight is 442 g/mol. The molecule has 0 saturated heterocycles. The number of benzene rings is 2. The fourth-order valence-electron chi connectivity index (χ4n) is 2.22. The van der Waals surface area contributed by atoms with Crippen LogP contribution in [0.5, 0.6) is 5.75 Å². The summed E-state index contributed by atoms with van der Waals surface area (Å²) in [5, 5.41) is 11.0. The van der Waals surface area contributed by atoms with Gasteiger partial charge in [-0.15, -0.1) is 0 Å². The summed E-state index contributed by atoms with van der Waals surface area (Å²) in [6.07, 6.45) is -0.901. The molecule has 0 aromatic heterocycles. The Hall–Kier alpha value is -2.06. The minimum Gasteiger partial charge on any atom is -0.508 e. The Balaban J connectivity index is 2.52. The third kappa shape index (κ3) is 4.98. The van der Waals surface area contributed by atoms with Crippen molar-refractivity contribution in [1.29, 1.82) is 0 Å². The van der Waals surface area contributed by atoms with Crippen molar-refractivity contribution in [2.75, 3.05) is 0 Å². The van der Waals surface area contributed by atoms with E-state index in [0.29, 0.717) is 4.47 Å². The van der Waals surface area contributed by atoms with Gasteiger partial charge in [0.1, 0.15) is 11.4 Å². The number of phenolic OH excluding ortho intramolecular Hbond substituents is 1. The van der Waals surface area contributed by atoms with Gasteiger partial charge in [-0.05, 0) is 51.1 Å².